The van der Waals surface area contributed by atoms with Crippen LogP contribution in [-0.2, 0) is 0 Å². The van der Waals surface area contributed by atoms with E-state index in [1.807, 2.05) is 0 Å². The van der Waals surface area contributed by atoms with Crippen LogP contribution < -0.4 is 0 Å². The van der Waals surface area contributed by atoms with Crippen LogP contribution in [0.1, 0.15) is 0 Å². The molecule has 0 saturated heterocycles. The van der Waals surface area contributed by atoms with E-state index in [1.54, 1.807) is 0 Å². The number of phenolic OH excluding ortho intramolecular Hbond substituents is 4. The third kappa shape index (κ3) is 2.08. The van der Waals surface area contributed by atoms with Gasteiger partial charge >= 0.3 is 0 Å². The van der Waals surface area contributed by atoms with E-state index in [4.69, 9.17) is 16.6 Å². The number of fused-ring (bicyclic) bond motifs is 1. The minimum Gasteiger partial charge on any atom is -0.508 e. The van der Waals surface area contributed by atoms with Crippen LogP contribution in [0.3, 0.4) is 0 Å². The van der Waals surface area contributed by atoms with Gasteiger partial charge in [0.25, 0.3) is 0 Å². The summed E-state index contributed by atoms with van der Waals surface area (Å²) in [5, 5.41) is 48.5. The number of benzene rings is 2. The van der Waals surface area contributed by atoms with E-state index >= 15 is 0 Å². The van der Waals surface area contributed by atoms with Crippen molar-refractivity contribution in [2.24, 2.45) is 0 Å². The maximum Gasteiger partial charge on any atom is 0.178 e. The molecule has 0 aliphatic carbocycles. The summed E-state index contributed by atoms with van der Waals surface area (Å²) in [7, 11) is 0. The molecular formula is C15H10O6S. The monoisotopic (exact) mass is 318 g/mol. The maximum absolute atomic E-state index is 10.2. The van der Waals surface area contributed by atoms with Crippen molar-refractivity contribution in [2.75, 3.05) is 0 Å². The lowest BCUT2D eigenvalue weighted by Crippen LogP contribution is -1.84. The summed E-state index contributed by atoms with van der Waals surface area (Å²) in [6.07, 6.45) is 0. The van der Waals surface area contributed by atoms with Gasteiger partial charge in [-0.3, -0.25) is 0 Å². The summed E-state index contributed by atoms with van der Waals surface area (Å²) in [6.45, 7) is 0. The van der Waals surface area contributed by atoms with Crippen molar-refractivity contribution in [1.82, 2.24) is 0 Å². The van der Waals surface area contributed by atoms with Gasteiger partial charge in [-0.1, -0.05) is 12.2 Å². The topological polar surface area (TPSA) is 114 Å². The summed E-state index contributed by atoms with van der Waals surface area (Å²) in [5.74, 6) is -1.71. The van der Waals surface area contributed by atoms with E-state index in [0.29, 0.717) is 0 Å². The smallest absolute Gasteiger partial charge is 0.178 e. The lowest BCUT2D eigenvalue weighted by Gasteiger charge is -2.09. The Balaban J connectivity index is 2.38. The molecule has 0 bridgehead atoms. The van der Waals surface area contributed by atoms with Gasteiger partial charge in [-0.05, 0) is 18.2 Å². The highest BCUT2D eigenvalue weighted by atomic mass is 32.1. The molecule has 0 fully saturated rings. The van der Waals surface area contributed by atoms with Crippen molar-refractivity contribution in [2.45, 2.75) is 0 Å². The molecule has 0 spiro atoms. The van der Waals surface area contributed by atoms with Gasteiger partial charge < -0.3 is 29.9 Å². The molecular weight excluding hydrogens is 308 g/mol. The second-order valence-corrected chi connectivity index (χ2v) is 5.06. The number of aromatic hydroxyl groups is 5. The average molecular weight is 318 g/mol. The van der Waals surface area contributed by atoms with Crippen LogP contribution >= 0.6 is 12.2 Å². The molecule has 3 aromatic rings. The van der Waals surface area contributed by atoms with E-state index in [-0.39, 0.29) is 44.1 Å². The van der Waals surface area contributed by atoms with Crippen LogP contribution in [0.15, 0.2) is 34.7 Å². The maximum atomic E-state index is 10.2. The normalized spacial score (nSPS) is 10.9. The zero-order chi connectivity index (χ0) is 16.0. The van der Waals surface area contributed by atoms with Crippen LogP contribution in [0.5, 0.6) is 28.7 Å². The summed E-state index contributed by atoms with van der Waals surface area (Å²) in [6, 6.07) is 6.16. The molecule has 0 amide bonds. The number of hydrogen-bond donors (Lipinski definition) is 5. The van der Waals surface area contributed by atoms with E-state index in [2.05, 4.69) is 0 Å². The van der Waals surface area contributed by atoms with Crippen molar-refractivity contribution in [3.05, 3.63) is 34.8 Å². The molecule has 6 nitrogen and oxygen atoms in total. The van der Waals surface area contributed by atoms with Crippen molar-refractivity contribution >= 4 is 23.2 Å². The van der Waals surface area contributed by atoms with Gasteiger partial charge in [0, 0.05) is 17.7 Å². The molecule has 5 N–H and O–H groups in total. The molecule has 2 aromatic carbocycles. The molecule has 7 heteroatoms. The Kier molecular flexibility index (Phi) is 3.07. The summed E-state index contributed by atoms with van der Waals surface area (Å²) < 4.78 is 5.43. The van der Waals surface area contributed by atoms with Crippen molar-refractivity contribution < 1.29 is 29.9 Å². The van der Waals surface area contributed by atoms with Crippen LogP contribution in [-0.4, -0.2) is 25.5 Å². The zero-order valence-corrected chi connectivity index (χ0v) is 11.8. The fourth-order valence-corrected chi connectivity index (χ4v) is 2.43. The van der Waals surface area contributed by atoms with Gasteiger partial charge in [0.2, 0.25) is 0 Å². The lowest BCUT2D eigenvalue weighted by atomic mass is 10.1. The van der Waals surface area contributed by atoms with Crippen molar-refractivity contribution in [3.8, 4) is 40.1 Å². The molecule has 0 aliphatic rings. The second-order valence-electron chi connectivity index (χ2n) is 4.65. The van der Waals surface area contributed by atoms with E-state index < -0.39 is 11.5 Å². The number of rotatable bonds is 1. The fourth-order valence-electron chi connectivity index (χ4n) is 2.14. The van der Waals surface area contributed by atoms with Gasteiger partial charge in [0.15, 0.2) is 23.0 Å². The van der Waals surface area contributed by atoms with Gasteiger partial charge in [0.1, 0.15) is 17.1 Å². The Morgan fingerprint density at radius 1 is 0.818 bits per heavy atom. The van der Waals surface area contributed by atoms with E-state index in [0.717, 1.165) is 6.07 Å². The van der Waals surface area contributed by atoms with Gasteiger partial charge in [0.05, 0.1) is 9.90 Å². The second kappa shape index (κ2) is 4.81. The summed E-state index contributed by atoms with van der Waals surface area (Å²) >= 11 is 5.11. The first-order chi connectivity index (χ1) is 10.4. The standard InChI is InChI=1S/C15H10O6S/c16-7-4-10(19)12-11(5-7)21-14(13(20)15(12)22)6-1-2-8(17)9(18)3-6/h1-5,16-20H. The van der Waals surface area contributed by atoms with Crippen LogP contribution in [0.25, 0.3) is 22.3 Å². The van der Waals surface area contributed by atoms with Crippen LogP contribution in [0.4, 0.5) is 0 Å². The molecule has 112 valence electrons. The highest BCUT2D eigenvalue weighted by molar-refractivity contribution is 7.71. The zero-order valence-electron chi connectivity index (χ0n) is 10.9. The Labute approximate surface area is 128 Å². The largest absolute Gasteiger partial charge is 0.508 e. The van der Waals surface area contributed by atoms with Gasteiger partial charge in [-0.25, -0.2) is 0 Å². The Morgan fingerprint density at radius 3 is 2.23 bits per heavy atom. The Bertz CT molecular complexity index is 960. The predicted molar refractivity (Wildman–Crippen MR) is 80.8 cm³/mol. The SMILES string of the molecule is Oc1cc(O)c2c(=S)c(O)c(-c3ccc(O)c(O)c3)oc2c1. The molecule has 1 heterocycles. The quantitative estimate of drug-likeness (QED) is 0.345. The van der Waals surface area contributed by atoms with Gasteiger partial charge in [-0.15, -0.1) is 0 Å². The first-order valence-corrected chi connectivity index (χ1v) is 6.53. The highest BCUT2D eigenvalue weighted by Crippen LogP contribution is 2.41. The van der Waals surface area contributed by atoms with Crippen LogP contribution in [0, 0.1) is 4.51 Å². The first kappa shape index (κ1) is 14.0. The molecule has 22 heavy (non-hydrogen) atoms. The fraction of sp³-hybridized carbons (Fsp3) is 0. The van der Waals surface area contributed by atoms with E-state index in [9.17, 15) is 25.5 Å². The minimum absolute atomic E-state index is 0.0543. The molecule has 0 aliphatic heterocycles. The molecule has 0 saturated carbocycles. The highest BCUT2D eigenvalue weighted by Gasteiger charge is 2.17. The molecule has 0 atom stereocenters. The molecule has 1 aromatic heterocycles. The minimum atomic E-state index is -0.395. The van der Waals surface area contributed by atoms with Crippen molar-refractivity contribution in [3.63, 3.8) is 0 Å². The third-order valence-corrected chi connectivity index (χ3v) is 3.57. The van der Waals surface area contributed by atoms with Gasteiger partial charge in [-0.2, -0.15) is 0 Å². The van der Waals surface area contributed by atoms with Crippen LogP contribution in [0.2, 0.25) is 0 Å². The molecule has 0 unspecified atom stereocenters. The average Bonchev–Trinajstić information content (AvgIpc) is 2.45. The molecule has 0 radical (unpaired) electrons. The van der Waals surface area contributed by atoms with E-state index in [1.165, 1.54) is 24.3 Å². The Hall–Kier alpha value is -2.93. The first-order valence-electron chi connectivity index (χ1n) is 6.12. The third-order valence-electron chi connectivity index (χ3n) is 3.17. The number of phenols is 4. The summed E-state index contributed by atoms with van der Waals surface area (Å²) in [4.78, 5) is 0. The molecule has 3 rings (SSSR count). The predicted octanol–water partition coefficient (Wildman–Crippen LogP) is 3.36. The number of hydrogen-bond acceptors (Lipinski definition) is 7. The lowest BCUT2D eigenvalue weighted by molar-refractivity contribution is 0.403. The Morgan fingerprint density at radius 2 is 1.55 bits per heavy atom. The van der Waals surface area contributed by atoms with Crippen molar-refractivity contribution in [1.29, 1.82) is 0 Å². The summed E-state index contributed by atoms with van der Waals surface area (Å²) in [5.41, 5.74) is 0.339.